The molecule has 1 unspecified atom stereocenters. The van der Waals surface area contributed by atoms with Gasteiger partial charge in [0, 0.05) is 6.20 Å². The number of nitrogens with two attached hydrogens (primary N) is 1. The van der Waals surface area contributed by atoms with Crippen LogP contribution >= 0.6 is 11.8 Å². The van der Waals surface area contributed by atoms with Gasteiger partial charge in [-0.15, -0.1) is 0 Å². The monoisotopic (exact) mass is 261 g/mol. The Labute approximate surface area is 108 Å². The number of nitrogens with zero attached hydrogens (tertiary/aromatic N) is 2. The predicted octanol–water partition coefficient (Wildman–Crippen LogP) is 1.46. The lowest BCUT2D eigenvalue weighted by molar-refractivity contribution is -0.117. The zero-order valence-electron chi connectivity index (χ0n) is 9.45. The Kier molecular flexibility index (Phi) is 2.52. The van der Waals surface area contributed by atoms with E-state index in [0.29, 0.717) is 6.42 Å². The van der Waals surface area contributed by atoms with E-state index in [-0.39, 0.29) is 5.91 Å². The molecule has 0 aliphatic carbocycles. The van der Waals surface area contributed by atoms with E-state index in [2.05, 4.69) is 0 Å². The van der Waals surface area contributed by atoms with Crippen molar-refractivity contribution in [1.82, 2.24) is 4.90 Å². The maximum atomic E-state index is 12.1. The molecule has 5 nitrogen and oxygen atoms in total. The van der Waals surface area contributed by atoms with Gasteiger partial charge in [0.1, 0.15) is 0 Å². The molecule has 3 amide bonds. The number of carbonyl (C=O) groups excluding carboxylic acids is 2. The molecule has 6 heteroatoms. The molecule has 18 heavy (non-hydrogen) atoms. The minimum Gasteiger partial charge on any atom is -0.351 e. The molecule has 1 atom stereocenters. The van der Waals surface area contributed by atoms with E-state index in [9.17, 15) is 9.59 Å². The van der Waals surface area contributed by atoms with Crippen molar-refractivity contribution in [3.8, 4) is 0 Å². The molecule has 1 aromatic rings. The average Bonchev–Trinajstić information content (AvgIpc) is 2.91. The average molecular weight is 261 g/mol. The highest BCUT2D eigenvalue weighted by molar-refractivity contribution is 8.03. The molecule has 0 aromatic heterocycles. The molecular formula is C12H11N3O2S. The number of urea groups is 1. The van der Waals surface area contributed by atoms with Crippen LogP contribution in [0.15, 0.2) is 35.9 Å². The molecule has 0 spiro atoms. The first-order valence-corrected chi connectivity index (χ1v) is 6.42. The van der Waals surface area contributed by atoms with Crippen LogP contribution in [-0.4, -0.2) is 22.3 Å². The van der Waals surface area contributed by atoms with E-state index in [1.807, 2.05) is 24.3 Å². The smallest absolute Gasteiger partial charge is 0.321 e. The maximum Gasteiger partial charge on any atom is 0.321 e. The van der Waals surface area contributed by atoms with Gasteiger partial charge in [0.15, 0.2) is 5.50 Å². The third-order valence-electron chi connectivity index (χ3n) is 3.00. The second-order valence-corrected chi connectivity index (χ2v) is 5.03. The molecule has 0 fully saturated rings. The van der Waals surface area contributed by atoms with E-state index < -0.39 is 11.5 Å². The van der Waals surface area contributed by atoms with Crippen LogP contribution in [0.1, 0.15) is 5.56 Å². The lowest BCUT2D eigenvalue weighted by atomic mass is 10.2. The number of thioether (sulfide) groups is 1. The summed E-state index contributed by atoms with van der Waals surface area (Å²) in [5.74, 6) is -0.0105. The van der Waals surface area contributed by atoms with Gasteiger partial charge in [-0.2, -0.15) is 0 Å². The molecule has 2 aliphatic heterocycles. The molecule has 2 N–H and O–H groups in total. The van der Waals surface area contributed by atoms with Crippen LogP contribution in [0.3, 0.4) is 0 Å². The zero-order valence-corrected chi connectivity index (χ0v) is 10.3. The Hall–Kier alpha value is -1.95. The molecule has 0 saturated heterocycles. The van der Waals surface area contributed by atoms with E-state index in [4.69, 9.17) is 5.73 Å². The van der Waals surface area contributed by atoms with E-state index in [1.165, 1.54) is 16.7 Å². The highest BCUT2D eigenvalue weighted by Crippen LogP contribution is 2.37. The number of primary amides is 1. The summed E-state index contributed by atoms with van der Waals surface area (Å²) in [6.45, 7) is 0. The quantitative estimate of drug-likeness (QED) is 0.832. The summed E-state index contributed by atoms with van der Waals surface area (Å²) >= 11 is 1.39. The lowest BCUT2D eigenvalue weighted by Crippen LogP contribution is -2.48. The Bertz CT molecular complexity index is 558. The molecule has 0 bridgehead atoms. The van der Waals surface area contributed by atoms with Crippen molar-refractivity contribution in [1.29, 1.82) is 0 Å². The third-order valence-corrected chi connectivity index (χ3v) is 3.96. The van der Waals surface area contributed by atoms with Crippen LogP contribution in [-0.2, 0) is 11.2 Å². The summed E-state index contributed by atoms with van der Waals surface area (Å²) in [6.07, 6.45) is 1.98. The third kappa shape index (κ3) is 1.57. The largest absolute Gasteiger partial charge is 0.351 e. The summed E-state index contributed by atoms with van der Waals surface area (Å²) in [7, 11) is 0. The second-order valence-electron chi connectivity index (χ2n) is 4.06. The fraction of sp³-hybridized carbons (Fsp3) is 0.167. The number of amides is 3. The molecule has 3 rings (SSSR count). The first-order valence-electron chi connectivity index (χ1n) is 5.48. The van der Waals surface area contributed by atoms with Crippen molar-refractivity contribution in [3.63, 3.8) is 0 Å². The van der Waals surface area contributed by atoms with Gasteiger partial charge in [-0.3, -0.25) is 14.6 Å². The summed E-state index contributed by atoms with van der Waals surface area (Å²) < 4.78 is 0. The van der Waals surface area contributed by atoms with Gasteiger partial charge in [0.05, 0.1) is 12.1 Å². The molecule has 0 radical (unpaired) electrons. The van der Waals surface area contributed by atoms with E-state index in [0.717, 1.165) is 11.3 Å². The Morgan fingerprint density at radius 2 is 2.17 bits per heavy atom. The van der Waals surface area contributed by atoms with Gasteiger partial charge >= 0.3 is 6.03 Å². The van der Waals surface area contributed by atoms with Gasteiger partial charge in [-0.25, -0.2) is 4.79 Å². The topological polar surface area (TPSA) is 66.6 Å². The number of hydrogen-bond donors (Lipinski definition) is 1. The first kappa shape index (κ1) is 11.2. The molecule has 92 valence electrons. The van der Waals surface area contributed by atoms with Crippen LogP contribution in [0, 0.1) is 0 Å². The van der Waals surface area contributed by atoms with Crippen molar-refractivity contribution >= 4 is 29.4 Å². The van der Waals surface area contributed by atoms with Gasteiger partial charge in [-0.1, -0.05) is 30.0 Å². The number of hydrogen-bond acceptors (Lipinski definition) is 3. The normalized spacial score (nSPS) is 21.6. The molecule has 0 saturated carbocycles. The van der Waals surface area contributed by atoms with Crippen LogP contribution < -0.4 is 10.6 Å². The van der Waals surface area contributed by atoms with E-state index >= 15 is 0 Å². The summed E-state index contributed by atoms with van der Waals surface area (Å²) in [6, 6.07) is 7.04. The SMILES string of the molecule is NC(=O)N1C=CSC1N1C(=O)Cc2ccccc21. The van der Waals surface area contributed by atoms with Gasteiger partial charge in [-0.05, 0) is 17.0 Å². The van der Waals surface area contributed by atoms with Crippen LogP contribution in [0.25, 0.3) is 0 Å². The van der Waals surface area contributed by atoms with Crippen molar-refractivity contribution < 1.29 is 9.59 Å². The molecule has 2 heterocycles. The Morgan fingerprint density at radius 1 is 1.39 bits per heavy atom. The molecular weight excluding hydrogens is 250 g/mol. The summed E-state index contributed by atoms with van der Waals surface area (Å²) in [5.41, 5.74) is 6.74. The first-order chi connectivity index (χ1) is 8.68. The fourth-order valence-corrected chi connectivity index (χ4v) is 3.20. The number of anilines is 1. The number of fused-ring (bicyclic) bond motifs is 1. The highest BCUT2D eigenvalue weighted by Gasteiger charge is 2.38. The summed E-state index contributed by atoms with van der Waals surface area (Å²) in [5, 5.41) is 1.77. The molecule has 2 aliphatic rings. The van der Waals surface area contributed by atoms with E-state index in [1.54, 1.807) is 16.5 Å². The Morgan fingerprint density at radius 3 is 2.94 bits per heavy atom. The highest BCUT2D eigenvalue weighted by atomic mass is 32.2. The minimum absolute atomic E-state index is 0.0105. The molecule has 1 aromatic carbocycles. The van der Waals surface area contributed by atoms with Crippen LogP contribution in [0.2, 0.25) is 0 Å². The van der Waals surface area contributed by atoms with Crippen molar-refractivity contribution in [2.75, 3.05) is 4.90 Å². The van der Waals surface area contributed by atoms with Crippen molar-refractivity contribution in [2.24, 2.45) is 5.73 Å². The van der Waals surface area contributed by atoms with Crippen molar-refractivity contribution in [2.45, 2.75) is 11.9 Å². The standard InChI is InChI=1S/C12H11N3O2S/c13-11(17)14-5-6-18-12(14)15-9-4-2-1-3-8(9)7-10(15)16/h1-6,12H,7H2,(H2,13,17). The fourth-order valence-electron chi connectivity index (χ4n) is 2.20. The van der Waals surface area contributed by atoms with Gasteiger partial charge < -0.3 is 5.73 Å². The Balaban J connectivity index is 1.98. The second kappa shape index (κ2) is 4.06. The lowest BCUT2D eigenvalue weighted by Gasteiger charge is -2.30. The minimum atomic E-state index is -0.557. The summed E-state index contributed by atoms with van der Waals surface area (Å²) in [4.78, 5) is 26.4. The predicted molar refractivity (Wildman–Crippen MR) is 69.6 cm³/mol. The maximum absolute atomic E-state index is 12.1. The number of para-hydroxylation sites is 1. The zero-order chi connectivity index (χ0) is 12.7. The number of benzene rings is 1. The van der Waals surface area contributed by atoms with Crippen LogP contribution in [0.5, 0.6) is 0 Å². The number of carbonyl (C=O) groups is 2. The number of rotatable bonds is 1. The van der Waals surface area contributed by atoms with Gasteiger partial charge in [0.2, 0.25) is 5.91 Å². The van der Waals surface area contributed by atoms with Gasteiger partial charge in [0.25, 0.3) is 0 Å². The van der Waals surface area contributed by atoms with Crippen LogP contribution in [0.4, 0.5) is 10.5 Å². The van der Waals surface area contributed by atoms with Crippen molar-refractivity contribution in [3.05, 3.63) is 41.4 Å².